The molecule has 3 N–H and O–H groups in total. The minimum Gasteiger partial charge on any atom is -0.378 e. The van der Waals surface area contributed by atoms with Crippen molar-refractivity contribution in [3.63, 3.8) is 0 Å². The first-order valence-corrected chi connectivity index (χ1v) is 6.98. The Balaban J connectivity index is 2.07. The van der Waals surface area contributed by atoms with E-state index in [-0.39, 0.29) is 5.24 Å². The third kappa shape index (κ3) is 4.05. The van der Waals surface area contributed by atoms with Crippen LogP contribution in [0.4, 0.5) is 10.6 Å². The van der Waals surface area contributed by atoms with Gasteiger partial charge in [-0.1, -0.05) is 11.8 Å². The van der Waals surface area contributed by atoms with Crippen molar-refractivity contribution >= 4 is 22.8 Å². The van der Waals surface area contributed by atoms with Gasteiger partial charge >= 0.3 is 0 Å². The summed E-state index contributed by atoms with van der Waals surface area (Å²) in [6.45, 7) is 4.92. The molecule has 7 nitrogen and oxygen atoms in total. The maximum atomic E-state index is 11.1. The molecular formula is C11H17N5O2S. The number of nitrogens with one attached hydrogen (secondary N) is 1. The van der Waals surface area contributed by atoms with Crippen molar-refractivity contribution < 1.29 is 9.53 Å². The van der Waals surface area contributed by atoms with Gasteiger partial charge in [0.1, 0.15) is 11.6 Å². The number of anilines is 1. The second-order valence-electron chi connectivity index (χ2n) is 4.08. The van der Waals surface area contributed by atoms with E-state index in [1.54, 1.807) is 0 Å². The van der Waals surface area contributed by atoms with Gasteiger partial charge in [-0.25, -0.2) is 15.8 Å². The quantitative estimate of drug-likeness (QED) is 0.472. The third-order valence-corrected chi connectivity index (χ3v) is 3.50. The molecule has 1 amide bonds. The lowest BCUT2D eigenvalue weighted by Crippen LogP contribution is -2.37. The van der Waals surface area contributed by atoms with Crippen molar-refractivity contribution in [3.05, 3.63) is 17.6 Å². The van der Waals surface area contributed by atoms with Crippen LogP contribution in [0, 0.1) is 6.92 Å². The summed E-state index contributed by atoms with van der Waals surface area (Å²) >= 11 is 1.09. The molecule has 0 atom stereocenters. The smallest absolute Gasteiger partial charge is 0.293 e. The molecule has 1 fully saturated rings. The summed E-state index contributed by atoms with van der Waals surface area (Å²) in [4.78, 5) is 22.0. The first-order valence-electron chi connectivity index (χ1n) is 5.99. The molecule has 0 bridgehead atoms. The Morgan fingerprint density at radius 3 is 2.95 bits per heavy atom. The number of aromatic nitrogens is 2. The Bertz CT molecular complexity index is 451. The lowest BCUT2D eigenvalue weighted by atomic mass is 10.3. The zero-order valence-electron chi connectivity index (χ0n) is 10.8. The molecule has 0 radical (unpaired) electrons. The normalized spacial score (nSPS) is 15.4. The summed E-state index contributed by atoms with van der Waals surface area (Å²) in [5.74, 6) is 7.10. The highest BCUT2D eigenvalue weighted by molar-refractivity contribution is 8.12. The zero-order valence-corrected chi connectivity index (χ0v) is 11.6. The van der Waals surface area contributed by atoms with Gasteiger partial charge < -0.3 is 9.64 Å². The highest BCUT2D eigenvalue weighted by Gasteiger charge is 2.14. The zero-order chi connectivity index (χ0) is 13.7. The van der Waals surface area contributed by atoms with Gasteiger partial charge in [-0.3, -0.25) is 10.2 Å². The van der Waals surface area contributed by atoms with Gasteiger partial charge in [0, 0.05) is 24.9 Å². The molecule has 0 aromatic carbocycles. The molecule has 1 saturated heterocycles. The number of rotatable bonds is 3. The summed E-state index contributed by atoms with van der Waals surface area (Å²) < 4.78 is 5.32. The van der Waals surface area contributed by atoms with Crippen LogP contribution < -0.4 is 16.2 Å². The molecule has 0 spiro atoms. The average Bonchev–Trinajstić information content (AvgIpc) is 2.45. The van der Waals surface area contributed by atoms with Gasteiger partial charge in [-0.2, -0.15) is 0 Å². The van der Waals surface area contributed by atoms with E-state index in [1.807, 2.05) is 13.0 Å². The topological polar surface area (TPSA) is 93.4 Å². The van der Waals surface area contributed by atoms with Crippen LogP contribution in [0.3, 0.4) is 0 Å². The van der Waals surface area contributed by atoms with Crippen molar-refractivity contribution in [2.24, 2.45) is 5.84 Å². The van der Waals surface area contributed by atoms with Crippen molar-refractivity contribution in [1.82, 2.24) is 15.4 Å². The van der Waals surface area contributed by atoms with Gasteiger partial charge in [0.2, 0.25) is 0 Å². The van der Waals surface area contributed by atoms with E-state index >= 15 is 0 Å². The molecule has 0 unspecified atom stereocenters. The summed E-state index contributed by atoms with van der Waals surface area (Å²) in [5.41, 5.74) is 2.90. The number of ether oxygens (including phenoxy) is 1. The maximum Gasteiger partial charge on any atom is 0.293 e. The number of nitrogens with two attached hydrogens (primary N) is 1. The van der Waals surface area contributed by atoms with E-state index in [4.69, 9.17) is 10.6 Å². The number of amides is 1. The van der Waals surface area contributed by atoms with Gasteiger partial charge in [-0.05, 0) is 6.92 Å². The van der Waals surface area contributed by atoms with Crippen LogP contribution in [0.25, 0.3) is 0 Å². The summed E-state index contributed by atoms with van der Waals surface area (Å²) in [5, 5.41) is -0.274. The molecule has 0 aliphatic carbocycles. The van der Waals surface area contributed by atoms with Gasteiger partial charge in [0.15, 0.2) is 0 Å². The number of carbonyl (C=O) groups excluding carboxylic acids is 1. The average molecular weight is 283 g/mol. The van der Waals surface area contributed by atoms with Crippen LogP contribution in [-0.4, -0.2) is 41.5 Å². The number of nitrogens with zero attached hydrogens (tertiary/aromatic N) is 3. The van der Waals surface area contributed by atoms with E-state index in [0.29, 0.717) is 24.8 Å². The predicted octanol–water partition coefficient (Wildman–Crippen LogP) is 0.438. The number of hydrogen-bond donors (Lipinski definition) is 2. The summed E-state index contributed by atoms with van der Waals surface area (Å²) in [7, 11) is 0. The second-order valence-corrected chi connectivity index (χ2v) is 5.03. The fourth-order valence-corrected chi connectivity index (χ4v) is 2.33. The number of hydrogen-bond acceptors (Lipinski definition) is 7. The van der Waals surface area contributed by atoms with Gasteiger partial charge in [-0.15, -0.1) is 0 Å². The SMILES string of the molecule is Cc1nc(CSC(=O)NN)cc(N2CCOCC2)n1. The minimum absolute atomic E-state index is 0.274. The van der Waals surface area contributed by atoms with Crippen LogP contribution >= 0.6 is 11.8 Å². The van der Waals surface area contributed by atoms with Crippen LogP contribution in [0.15, 0.2) is 6.07 Å². The lowest BCUT2D eigenvalue weighted by Gasteiger charge is -2.28. The maximum absolute atomic E-state index is 11.1. The number of morpholine rings is 1. The Morgan fingerprint density at radius 1 is 1.53 bits per heavy atom. The monoisotopic (exact) mass is 283 g/mol. The van der Waals surface area contributed by atoms with E-state index in [2.05, 4.69) is 20.3 Å². The highest BCUT2D eigenvalue weighted by atomic mass is 32.2. The molecule has 1 aliphatic heterocycles. The summed E-state index contributed by atoms with van der Waals surface area (Å²) in [6.07, 6.45) is 0. The molecule has 2 rings (SSSR count). The van der Waals surface area contributed by atoms with Crippen LogP contribution in [0.5, 0.6) is 0 Å². The third-order valence-electron chi connectivity index (χ3n) is 2.68. The minimum atomic E-state index is -0.274. The van der Waals surface area contributed by atoms with E-state index < -0.39 is 0 Å². The highest BCUT2D eigenvalue weighted by Crippen LogP contribution is 2.18. The van der Waals surface area contributed by atoms with Gasteiger partial charge in [0.25, 0.3) is 5.24 Å². The van der Waals surface area contributed by atoms with E-state index in [9.17, 15) is 4.79 Å². The van der Waals surface area contributed by atoms with Crippen LogP contribution in [0.2, 0.25) is 0 Å². The number of hydrazine groups is 1. The van der Waals surface area contributed by atoms with E-state index in [1.165, 1.54) is 0 Å². The predicted molar refractivity (Wildman–Crippen MR) is 73.8 cm³/mol. The second kappa shape index (κ2) is 6.69. The first kappa shape index (κ1) is 14.0. The molecule has 2 heterocycles. The largest absolute Gasteiger partial charge is 0.378 e. The molecule has 8 heteroatoms. The van der Waals surface area contributed by atoms with Crippen molar-refractivity contribution in [2.45, 2.75) is 12.7 Å². The standard InChI is InChI=1S/C11H17N5O2S/c1-8-13-9(7-19-11(17)15-12)6-10(14-8)16-2-4-18-5-3-16/h6H,2-5,7,12H2,1H3,(H,15,17). The van der Waals surface area contributed by atoms with Crippen molar-refractivity contribution in [3.8, 4) is 0 Å². The molecule has 19 heavy (non-hydrogen) atoms. The van der Waals surface area contributed by atoms with Crippen LogP contribution in [-0.2, 0) is 10.5 Å². The van der Waals surface area contributed by atoms with Gasteiger partial charge in [0.05, 0.1) is 18.9 Å². The molecule has 0 saturated carbocycles. The van der Waals surface area contributed by atoms with Crippen molar-refractivity contribution in [2.75, 3.05) is 31.2 Å². The Hall–Kier alpha value is -1.38. The lowest BCUT2D eigenvalue weighted by molar-refractivity contribution is 0.122. The molecular weight excluding hydrogens is 266 g/mol. The Kier molecular flexibility index (Phi) is 4.94. The molecule has 1 aromatic heterocycles. The van der Waals surface area contributed by atoms with Crippen molar-refractivity contribution in [1.29, 1.82) is 0 Å². The Labute approximate surface area is 115 Å². The number of aryl methyl sites for hydroxylation is 1. The van der Waals surface area contributed by atoms with E-state index in [0.717, 1.165) is 36.4 Å². The Morgan fingerprint density at radius 2 is 2.26 bits per heavy atom. The molecule has 104 valence electrons. The van der Waals surface area contributed by atoms with Crippen LogP contribution in [0.1, 0.15) is 11.5 Å². The summed E-state index contributed by atoms with van der Waals surface area (Å²) in [6, 6.07) is 1.91. The molecule has 1 aliphatic rings. The first-order chi connectivity index (χ1) is 9.19. The molecule has 1 aromatic rings. The fraction of sp³-hybridized carbons (Fsp3) is 0.545. The number of carbonyl (C=O) groups is 1. The fourth-order valence-electron chi connectivity index (χ4n) is 1.82. The number of thioether (sulfide) groups is 1.